The van der Waals surface area contributed by atoms with E-state index in [1.54, 1.807) is 66.7 Å². The van der Waals surface area contributed by atoms with Crippen molar-refractivity contribution in [2.75, 3.05) is 36.4 Å². The Hall–Kier alpha value is -3.85. The number of carbonyl (C=O) groups excluding carboxylic acids is 2. The number of hydrogen-bond acceptors (Lipinski definition) is 5. The van der Waals surface area contributed by atoms with E-state index in [9.17, 15) is 18.0 Å². The first-order chi connectivity index (χ1) is 17.9. The fourth-order valence-electron chi connectivity index (χ4n) is 4.34. The molecule has 1 heterocycles. The van der Waals surface area contributed by atoms with E-state index in [-0.39, 0.29) is 16.5 Å². The van der Waals surface area contributed by atoms with Gasteiger partial charge in [0.05, 0.1) is 28.9 Å². The average molecular weight is 522 g/mol. The molecule has 194 valence electrons. The molecule has 1 saturated heterocycles. The average Bonchev–Trinajstić information content (AvgIpc) is 3.22. The zero-order chi connectivity index (χ0) is 26.3. The number of nitrogens with zero attached hydrogens (tertiary/aromatic N) is 2. The van der Waals surface area contributed by atoms with Crippen molar-refractivity contribution in [1.29, 1.82) is 0 Å². The van der Waals surface area contributed by atoms with Crippen LogP contribution in [0.5, 0.6) is 5.75 Å². The highest BCUT2D eigenvalue weighted by Gasteiger charge is 2.28. The number of hydrogen-bond donors (Lipinski definition) is 1. The van der Waals surface area contributed by atoms with Gasteiger partial charge in [0.2, 0.25) is 5.91 Å². The molecule has 3 aromatic carbocycles. The summed E-state index contributed by atoms with van der Waals surface area (Å²) in [5.74, 6) is -0.252. The van der Waals surface area contributed by atoms with Crippen molar-refractivity contribution in [3.05, 3.63) is 84.4 Å². The van der Waals surface area contributed by atoms with Crippen molar-refractivity contribution in [3.63, 3.8) is 0 Å². The van der Waals surface area contributed by atoms with E-state index in [2.05, 4.69) is 5.32 Å². The maximum atomic E-state index is 13.6. The fraction of sp³-hybridized carbons (Fsp3) is 0.286. The number of rotatable bonds is 8. The third-order valence-corrected chi connectivity index (χ3v) is 8.07. The topological polar surface area (TPSA) is 96.0 Å². The number of anilines is 2. The summed E-state index contributed by atoms with van der Waals surface area (Å²) >= 11 is 0. The summed E-state index contributed by atoms with van der Waals surface area (Å²) in [5.41, 5.74) is 1.02. The van der Waals surface area contributed by atoms with E-state index in [4.69, 9.17) is 4.74 Å². The summed E-state index contributed by atoms with van der Waals surface area (Å²) < 4.78 is 33.5. The van der Waals surface area contributed by atoms with Gasteiger partial charge in [-0.3, -0.25) is 13.9 Å². The Labute approximate surface area is 217 Å². The Bertz CT molecular complexity index is 1340. The molecule has 1 N–H and O–H groups in total. The Morgan fingerprint density at radius 1 is 0.892 bits per heavy atom. The fourth-order valence-corrected chi connectivity index (χ4v) is 5.78. The van der Waals surface area contributed by atoms with E-state index in [1.165, 1.54) is 19.2 Å². The molecule has 0 unspecified atom stereocenters. The van der Waals surface area contributed by atoms with E-state index < -0.39 is 22.5 Å². The molecule has 0 atom stereocenters. The molecule has 1 aliphatic heterocycles. The van der Waals surface area contributed by atoms with Crippen molar-refractivity contribution >= 4 is 33.2 Å². The molecule has 4 rings (SSSR count). The van der Waals surface area contributed by atoms with Crippen LogP contribution in [0.3, 0.4) is 0 Å². The molecule has 0 aliphatic carbocycles. The van der Waals surface area contributed by atoms with Crippen LogP contribution in [-0.2, 0) is 14.8 Å². The van der Waals surface area contributed by atoms with Crippen LogP contribution in [0.2, 0.25) is 0 Å². The van der Waals surface area contributed by atoms with Crippen molar-refractivity contribution in [3.8, 4) is 5.75 Å². The molecule has 0 bridgehead atoms. The van der Waals surface area contributed by atoms with Crippen LogP contribution in [0.25, 0.3) is 0 Å². The third kappa shape index (κ3) is 6.29. The van der Waals surface area contributed by atoms with Gasteiger partial charge in [0.15, 0.2) is 0 Å². The summed E-state index contributed by atoms with van der Waals surface area (Å²) in [4.78, 5) is 28.4. The molecule has 1 aliphatic rings. The minimum atomic E-state index is -4.07. The van der Waals surface area contributed by atoms with Crippen LogP contribution in [-0.4, -0.2) is 51.9 Å². The first-order valence-electron chi connectivity index (χ1n) is 12.3. The van der Waals surface area contributed by atoms with Crippen LogP contribution in [0, 0.1) is 0 Å². The number of para-hydroxylation sites is 1. The predicted octanol–water partition coefficient (Wildman–Crippen LogP) is 4.55. The number of sulfonamides is 1. The van der Waals surface area contributed by atoms with Gasteiger partial charge >= 0.3 is 0 Å². The minimum absolute atomic E-state index is 0.0577. The lowest BCUT2D eigenvalue weighted by atomic mass is 10.1. The Morgan fingerprint density at radius 2 is 1.57 bits per heavy atom. The lowest BCUT2D eigenvalue weighted by Gasteiger charge is -2.25. The Kier molecular flexibility index (Phi) is 8.45. The molecule has 1 fully saturated rings. The van der Waals surface area contributed by atoms with Crippen molar-refractivity contribution in [2.24, 2.45) is 0 Å². The quantitative estimate of drug-likeness (QED) is 0.469. The van der Waals surface area contributed by atoms with E-state index in [0.717, 1.165) is 30.0 Å². The number of carbonyl (C=O) groups is 2. The molecule has 0 radical (unpaired) electrons. The van der Waals surface area contributed by atoms with Gasteiger partial charge in [0.25, 0.3) is 15.9 Å². The minimum Gasteiger partial charge on any atom is -0.497 e. The molecule has 0 saturated carbocycles. The number of ether oxygens (including phenoxy) is 1. The van der Waals surface area contributed by atoms with Crippen LogP contribution in [0.4, 0.5) is 11.4 Å². The molecular formula is C28H31N3O5S. The molecule has 9 heteroatoms. The molecule has 0 aromatic heterocycles. The largest absolute Gasteiger partial charge is 0.497 e. The smallest absolute Gasteiger partial charge is 0.264 e. The number of methoxy groups -OCH3 is 1. The van der Waals surface area contributed by atoms with Crippen LogP contribution in [0.15, 0.2) is 83.8 Å². The first-order valence-corrected chi connectivity index (χ1v) is 13.7. The normalized spacial score (nSPS) is 13.9. The zero-order valence-electron chi connectivity index (χ0n) is 20.8. The van der Waals surface area contributed by atoms with Gasteiger partial charge < -0.3 is 15.0 Å². The van der Waals surface area contributed by atoms with Crippen LogP contribution >= 0.6 is 0 Å². The number of amides is 2. The summed E-state index contributed by atoms with van der Waals surface area (Å²) in [6.45, 7) is 0.872. The van der Waals surface area contributed by atoms with Crippen molar-refractivity contribution in [2.45, 2.75) is 30.6 Å². The standard InChI is InChI=1S/C28H31N3O5S/c1-36-23-13-11-12-22(20-23)31(37(34,35)24-14-5-4-6-15-24)21-27(32)29-26-17-8-7-16-25(26)28(33)30-18-9-2-3-10-19-30/h4-8,11-17,20H,2-3,9-10,18-19,21H2,1H3,(H,29,32). The first kappa shape index (κ1) is 26.2. The molecule has 2 amide bonds. The Balaban J connectivity index is 1.61. The second-order valence-corrected chi connectivity index (χ2v) is 10.7. The van der Waals surface area contributed by atoms with E-state index >= 15 is 0 Å². The highest BCUT2D eigenvalue weighted by atomic mass is 32.2. The highest BCUT2D eigenvalue weighted by Crippen LogP contribution is 2.27. The summed E-state index contributed by atoms with van der Waals surface area (Å²) in [5, 5.41) is 2.77. The monoisotopic (exact) mass is 521 g/mol. The third-order valence-electron chi connectivity index (χ3n) is 6.28. The van der Waals surface area contributed by atoms with Gasteiger partial charge in [-0.15, -0.1) is 0 Å². The van der Waals surface area contributed by atoms with Gasteiger partial charge in [-0.05, 0) is 49.2 Å². The molecule has 0 spiro atoms. The molecular weight excluding hydrogens is 490 g/mol. The predicted molar refractivity (Wildman–Crippen MR) is 143 cm³/mol. The van der Waals surface area contributed by atoms with Crippen molar-refractivity contribution < 1.29 is 22.7 Å². The second kappa shape index (κ2) is 11.9. The molecule has 3 aromatic rings. The van der Waals surface area contributed by atoms with E-state index in [1.807, 2.05) is 4.90 Å². The van der Waals surface area contributed by atoms with Crippen molar-refractivity contribution in [1.82, 2.24) is 4.90 Å². The maximum absolute atomic E-state index is 13.6. The maximum Gasteiger partial charge on any atom is 0.264 e. The zero-order valence-corrected chi connectivity index (χ0v) is 21.6. The molecule has 8 nitrogen and oxygen atoms in total. The second-order valence-electron chi connectivity index (χ2n) is 8.83. The summed E-state index contributed by atoms with van der Waals surface area (Å²) in [7, 11) is -2.59. The number of benzene rings is 3. The van der Waals surface area contributed by atoms with Gasteiger partial charge in [-0.25, -0.2) is 8.42 Å². The van der Waals surface area contributed by atoms with E-state index in [0.29, 0.717) is 30.1 Å². The highest BCUT2D eigenvalue weighted by molar-refractivity contribution is 7.92. The van der Waals surface area contributed by atoms with Crippen LogP contribution < -0.4 is 14.4 Å². The number of nitrogens with one attached hydrogen (secondary N) is 1. The summed E-state index contributed by atoms with van der Waals surface area (Å²) in [6.07, 6.45) is 4.09. The summed E-state index contributed by atoms with van der Waals surface area (Å²) in [6, 6.07) is 21.3. The van der Waals surface area contributed by atoms with Crippen LogP contribution in [0.1, 0.15) is 36.0 Å². The lowest BCUT2D eigenvalue weighted by Crippen LogP contribution is -2.38. The van der Waals surface area contributed by atoms with Gasteiger partial charge in [-0.2, -0.15) is 0 Å². The van der Waals surface area contributed by atoms with Gasteiger partial charge in [0.1, 0.15) is 12.3 Å². The molecule has 37 heavy (non-hydrogen) atoms. The lowest BCUT2D eigenvalue weighted by molar-refractivity contribution is -0.114. The van der Waals surface area contributed by atoms with Gasteiger partial charge in [-0.1, -0.05) is 49.2 Å². The Morgan fingerprint density at radius 3 is 2.27 bits per heavy atom. The number of likely N-dealkylation sites (tertiary alicyclic amines) is 1. The van der Waals surface area contributed by atoms with Gasteiger partial charge in [0, 0.05) is 19.2 Å². The SMILES string of the molecule is COc1cccc(N(CC(=O)Nc2ccccc2C(=O)N2CCCCCC2)S(=O)(=O)c2ccccc2)c1.